The summed E-state index contributed by atoms with van der Waals surface area (Å²) in [6.45, 7) is 4.24. The average Bonchev–Trinajstić information content (AvgIpc) is 2.49. The van der Waals surface area contributed by atoms with E-state index in [2.05, 4.69) is 48.4 Å². The van der Waals surface area contributed by atoms with Crippen LogP contribution in [0.1, 0.15) is 16.7 Å². The third kappa shape index (κ3) is 1.72. The Morgan fingerprint density at radius 3 is 2.59 bits per heavy atom. The maximum absolute atomic E-state index is 4.54. The Bertz CT molecular complexity index is 612. The summed E-state index contributed by atoms with van der Waals surface area (Å²) in [7, 11) is 0. The van der Waals surface area contributed by atoms with Crippen molar-refractivity contribution in [3.63, 3.8) is 0 Å². The average molecular weight is 222 g/mol. The molecule has 2 aromatic carbocycles. The van der Waals surface area contributed by atoms with Gasteiger partial charge in [-0.05, 0) is 43.2 Å². The van der Waals surface area contributed by atoms with Gasteiger partial charge in [0.2, 0.25) is 0 Å². The number of hydrogen-bond acceptors (Lipinski definition) is 2. The molecule has 0 radical (unpaired) electrons. The SMILES string of the molecule is Cc1cc2c(cc1C)Nc1ccccc1C=N2. The molecule has 0 amide bonds. The third-order valence-electron chi connectivity index (χ3n) is 3.18. The van der Waals surface area contributed by atoms with Gasteiger partial charge in [0, 0.05) is 17.5 Å². The summed E-state index contributed by atoms with van der Waals surface area (Å²) < 4.78 is 0. The molecule has 2 nitrogen and oxygen atoms in total. The minimum atomic E-state index is 1.00. The molecule has 3 rings (SSSR count). The lowest BCUT2D eigenvalue weighted by atomic mass is 10.1. The van der Waals surface area contributed by atoms with Crippen molar-refractivity contribution in [1.29, 1.82) is 0 Å². The van der Waals surface area contributed by atoms with Gasteiger partial charge in [0.1, 0.15) is 0 Å². The predicted molar refractivity (Wildman–Crippen MR) is 72.9 cm³/mol. The van der Waals surface area contributed by atoms with Crippen molar-refractivity contribution in [2.75, 3.05) is 5.32 Å². The number of para-hydroxylation sites is 1. The highest BCUT2D eigenvalue weighted by molar-refractivity contribution is 5.95. The molecule has 0 saturated carbocycles. The molecule has 0 atom stereocenters. The van der Waals surface area contributed by atoms with Crippen molar-refractivity contribution in [3.05, 3.63) is 53.1 Å². The number of aryl methyl sites for hydroxylation is 2. The maximum atomic E-state index is 4.54. The molecule has 0 aromatic heterocycles. The fraction of sp³-hybridized carbons (Fsp3) is 0.133. The number of nitrogens with one attached hydrogen (secondary N) is 1. The standard InChI is InChI=1S/C15H14N2/c1-10-7-14-15(8-11(10)2)17-13-6-4-3-5-12(13)9-16-14/h3-9,17H,1-2H3. The summed E-state index contributed by atoms with van der Waals surface area (Å²) in [5.41, 5.74) is 6.87. The van der Waals surface area contributed by atoms with Gasteiger partial charge >= 0.3 is 0 Å². The molecule has 2 aromatic rings. The second-order valence-corrected chi connectivity index (χ2v) is 4.42. The Morgan fingerprint density at radius 1 is 0.941 bits per heavy atom. The first-order chi connectivity index (χ1) is 8.24. The smallest absolute Gasteiger partial charge is 0.0867 e. The first-order valence-electron chi connectivity index (χ1n) is 5.75. The van der Waals surface area contributed by atoms with Crippen LogP contribution in [0.15, 0.2) is 41.4 Å². The normalized spacial score (nSPS) is 12.4. The highest BCUT2D eigenvalue weighted by Crippen LogP contribution is 2.34. The van der Waals surface area contributed by atoms with Crippen LogP contribution in [0.5, 0.6) is 0 Å². The highest BCUT2D eigenvalue weighted by atomic mass is 14.9. The minimum Gasteiger partial charge on any atom is -0.353 e. The van der Waals surface area contributed by atoms with Gasteiger partial charge in [0.05, 0.1) is 11.4 Å². The fourth-order valence-corrected chi connectivity index (χ4v) is 2.02. The lowest BCUT2D eigenvalue weighted by Gasteiger charge is -2.10. The number of nitrogens with zero attached hydrogens (tertiary/aromatic N) is 1. The predicted octanol–water partition coefficient (Wildman–Crippen LogP) is 4.11. The van der Waals surface area contributed by atoms with E-state index in [1.165, 1.54) is 11.1 Å². The number of aliphatic imine (C=N–C) groups is 1. The zero-order chi connectivity index (χ0) is 11.8. The van der Waals surface area contributed by atoms with Crippen molar-refractivity contribution in [2.45, 2.75) is 13.8 Å². The van der Waals surface area contributed by atoms with Gasteiger partial charge in [0.25, 0.3) is 0 Å². The van der Waals surface area contributed by atoms with Gasteiger partial charge in [0.15, 0.2) is 0 Å². The van der Waals surface area contributed by atoms with E-state index in [0.717, 1.165) is 22.6 Å². The molecule has 1 heterocycles. The fourth-order valence-electron chi connectivity index (χ4n) is 2.02. The minimum absolute atomic E-state index is 1.00. The lowest BCUT2D eigenvalue weighted by Crippen LogP contribution is -1.93. The maximum Gasteiger partial charge on any atom is 0.0867 e. The second kappa shape index (κ2) is 3.74. The van der Waals surface area contributed by atoms with E-state index in [4.69, 9.17) is 0 Å². The summed E-state index contributed by atoms with van der Waals surface area (Å²) >= 11 is 0. The number of rotatable bonds is 0. The van der Waals surface area contributed by atoms with Crippen molar-refractivity contribution < 1.29 is 0 Å². The van der Waals surface area contributed by atoms with Gasteiger partial charge in [-0.3, -0.25) is 4.99 Å². The Hall–Kier alpha value is -2.09. The highest BCUT2D eigenvalue weighted by Gasteiger charge is 2.09. The van der Waals surface area contributed by atoms with Gasteiger partial charge in [-0.25, -0.2) is 0 Å². The van der Waals surface area contributed by atoms with Crippen LogP contribution in [-0.2, 0) is 0 Å². The Kier molecular flexibility index (Phi) is 2.22. The van der Waals surface area contributed by atoms with Crippen LogP contribution in [0.3, 0.4) is 0 Å². The summed E-state index contributed by atoms with van der Waals surface area (Å²) in [6.07, 6.45) is 1.92. The first kappa shape index (κ1) is 10.1. The largest absolute Gasteiger partial charge is 0.353 e. The van der Waals surface area contributed by atoms with Crippen LogP contribution < -0.4 is 5.32 Å². The Morgan fingerprint density at radius 2 is 1.71 bits per heavy atom. The number of hydrogen-bond donors (Lipinski definition) is 1. The number of anilines is 2. The molecule has 2 heteroatoms. The van der Waals surface area contributed by atoms with Crippen LogP contribution in [0.4, 0.5) is 17.1 Å². The zero-order valence-corrected chi connectivity index (χ0v) is 9.99. The van der Waals surface area contributed by atoms with Crippen LogP contribution in [0.25, 0.3) is 0 Å². The van der Waals surface area contributed by atoms with E-state index in [0.29, 0.717) is 0 Å². The Balaban J connectivity index is 2.18. The van der Waals surface area contributed by atoms with Crippen LogP contribution in [0.2, 0.25) is 0 Å². The van der Waals surface area contributed by atoms with Crippen molar-refractivity contribution in [1.82, 2.24) is 0 Å². The van der Waals surface area contributed by atoms with Gasteiger partial charge in [-0.1, -0.05) is 18.2 Å². The topological polar surface area (TPSA) is 24.4 Å². The molecule has 17 heavy (non-hydrogen) atoms. The van der Waals surface area contributed by atoms with Gasteiger partial charge in [-0.2, -0.15) is 0 Å². The zero-order valence-electron chi connectivity index (χ0n) is 9.99. The monoisotopic (exact) mass is 222 g/mol. The van der Waals surface area contributed by atoms with Crippen molar-refractivity contribution >= 4 is 23.3 Å². The molecule has 0 saturated heterocycles. The molecule has 0 aliphatic carbocycles. The molecular weight excluding hydrogens is 208 g/mol. The van der Waals surface area contributed by atoms with E-state index >= 15 is 0 Å². The second-order valence-electron chi connectivity index (χ2n) is 4.42. The van der Waals surface area contributed by atoms with Gasteiger partial charge in [-0.15, -0.1) is 0 Å². The van der Waals surface area contributed by atoms with E-state index in [-0.39, 0.29) is 0 Å². The molecule has 0 fully saturated rings. The van der Waals surface area contributed by atoms with E-state index in [1.807, 2.05) is 18.3 Å². The number of benzene rings is 2. The van der Waals surface area contributed by atoms with E-state index in [9.17, 15) is 0 Å². The molecule has 84 valence electrons. The lowest BCUT2D eigenvalue weighted by molar-refractivity contribution is 1.33. The quantitative estimate of drug-likeness (QED) is 0.608. The summed E-state index contributed by atoms with van der Waals surface area (Å²) in [5, 5.41) is 3.45. The molecule has 1 aliphatic heterocycles. The Labute approximate surface area is 101 Å². The van der Waals surface area contributed by atoms with Crippen LogP contribution >= 0.6 is 0 Å². The molecule has 1 N–H and O–H groups in total. The number of fused-ring (bicyclic) bond motifs is 2. The molecule has 0 bridgehead atoms. The molecule has 0 unspecified atom stereocenters. The molecule has 1 aliphatic rings. The first-order valence-corrected chi connectivity index (χ1v) is 5.75. The summed E-state index contributed by atoms with van der Waals surface area (Å²) in [5.74, 6) is 0. The van der Waals surface area contributed by atoms with Crippen molar-refractivity contribution in [2.24, 2.45) is 4.99 Å². The molecule has 0 spiro atoms. The van der Waals surface area contributed by atoms with E-state index in [1.54, 1.807) is 0 Å². The summed E-state index contributed by atoms with van der Waals surface area (Å²) in [4.78, 5) is 4.54. The van der Waals surface area contributed by atoms with Crippen LogP contribution in [0, 0.1) is 13.8 Å². The van der Waals surface area contributed by atoms with Crippen molar-refractivity contribution in [3.8, 4) is 0 Å². The molecular formula is C15H14N2. The van der Waals surface area contributed by atoms with E-state index < -0.39 is 0 Å². The van der Waals surface area contributed by atoms with Crippen LogP contribution in [-0.4, -0.2) is 6.21 Å². The summed E-state index contributed by atoms with van der Waals surface area (Å²) in [6, 6.07) is 12.5. The third-order valence-corrected chi connectivity index (χ3v) is 3.18. The van der Waals surface area contributed by atoms with Gasteiger partial charge < -0.3 is 5.32 Å².